The third kappa shape index (κ3) is 3.70. The number of ether oxygens (including phenoxy) is 2. The minimum Gasteiger partial charge on any atom is -0.509 e. The van der Waals surface area contributed by atoms with Gasteiger partial charge in [0, 0.05) is 6.61 Å². The number of rotatable bonds is 6. The molecule has 28 heavy (non-hydrogen) atoms. The maximum Gasteiger partial charge on any atom is 0.256 e. The van der Waals surface area contributed by atoms with Crippen LogP contribution < -0.4 is 5.32 Å². The lowest BCUT2D eigenvalue weighted by molar-refractivity contribution is -0.116. The van der Waals surface area contributed by atoms with E-state index < -0.39 is 5.54 Å². The molecule has 5 heteroatoms. The first-order valence-corrected chi connectivity index (χ1v) is 10.3. The zero-order chi connectivity index (χ0) is 20.5. The van der Waals surface area contributed by atoms with Gasteiger partial charge in [0.05, 0.1) is 30.4 Å². The number of carbonyl (C=O) groups excluding carboxylic acids is 1. The second-order valence-corrected chi connectivity index (χ2v) is 8.16. The molecular weight excluding hydrogens is 354 g/mol. The van der Waals surface area contributed by atoms with E-state index >= 15 is 0 Å². The lowest BCUT2D eigenvalue weighted by Crippen LogP contribution is -2.48. The summed E-state index contributed by atoms with van der Waals surface area (Å²) in [7, 11) is 0. The Morgan fingerprint density at radius 2 is 1.79 bits per heavy atom. The highest BCUT2D eigenvalue weighted by atomic mass is 16.5. The van der Waals surface area contributed by atoms with Gasteiger partial charge in [-0.05, 0) is 88.1 Å². The Bertz CT molecular complexity index is 788. The minimum absolute atomic E-state index is 0.157. The molecule has 3 rings (SSSR count). The fraction of sp³-hybridized carbons (Fsp3) is 0.609. The van der Waals surface area contributed by atoms with Crippen LogP contribution in [0.25, 0.3) is 5.57 Å². The highest BCUT2D eigenvalue weighted by Crippen LogP contribution is 2.43. The second kappa shape index (κ2) is 8.26. The van der Waals surface area contributed by atoms with Crippen LogP contribution in [-0.4, -0.2) is 42.5 Å². The lowest BCUT2D eigenvalue weighted by Gasteiger charge is -2.37. The van der Waals surface area contributed by atoms with E-state index in [1.807, 2.05) is 20.8 Å². The summed E-state index contributed by atoms with van der Waals surface area (Å²) in [4.78, 5) is 12.9. The van der Waals surface area contributed by atoms with Crippen LogP contribution in [0.5, 0.6) is 0 Å². The van der Waals surface area contributed by atoms with Gasteiger partial charge >= 0.3 is 0 Å². The first-order valence-electron chi connectivity index (χ1n) is 10.3. The van der Waals surface area contributed by atoms with Gasteiger partial charge in [-0.2, -0.15) is 0 Å². The summed E-state index contributed by atoms with van der Waals surface area (Å²) in [6.07, 6.45) is 3.17. The average molecular weight is 388 g/mol. The molecule has 0 atom stereocenters. The molecule has 1 aliphatic heterocycles. The van der Waals surface area contributed by atoms with Crippen molar-refractivity contribution in [1.29, 1.82) is 0 Å². The topological polar surface area (TPSA) is 67.8 Å². The maximum atomic E-state index is 12.9. The third-order valence-electron chi connectivity index (χ3n) is 6.45. The molecule has 1 heterocycles. The molecule has 0 bridgehead atoms. The molecule has 0 saturated heterocycles. The van der Waals surface area contributed by atoms with Crippen LogP contribution in [0.3, 0.4) is 0 Å². The molecule has 154 valence electrons. The van der Waals surface area contributed by atoms with Gasteiger partial charge in [-0.25, -0.2) is 0 Å². The van der Waals surface area contributed by atoms with Crippen molar-refractivity contribution in [1.82, 2.24) is 5.32 Å². The number of carbonyl (C=O) groups is 1. The second-order valence-electron chi connectivity index (χ2n) is 8.16. The summed E-state index contributed by atoms with van der Waals surface area (Å²) < 4.78 is 11.2. The first-order chi connectivity index (χ1) is 13.3. The van der Waals surface area contributed by atoms with E-state index in [2.05, 4.69) is 25.2 Å². The van der Waals surface area contributed by atoms with Crippen molar-refractivity contribution in [2.24, 2.45) is 0 Å². The van der Waals surface area contributed by atoms with Crippen LogP contribution in [0.15, 0.2) is 11.8 Å². The Morgan fingerprint density at radius 1 is 1.11 bits per heavy atom. The summed E-state index contributed by atoms with van der Waals surface area (Å²) in [5.41, 5.74) is 5.15. The van der Waals surface area contributed by atoms with Gasteiger partial charge in [-0.1, -0.05) is 6.07 Å². The SMILES string of the molecule is CCOCCOC1CCC2(CC1)NC(=O)C(c1c(C)cc(C)c(C)c1C)=C2O. The van der Waals surface area contributed by atoms with Gasteiger partial charge in [-0.3, -0.25) is 4.79 Å². The number of aryl methyl sites for hydroxylation is 2. The molecule has 1 fully saturated rings. The van der Waals surface area contributed by atoms with Gasteiger partial charge in [-0.15, -0.1) is 0 Å². The van der Waals surface area contributed by atoms with E-state index in [-0.39, 0.29) is 17.8 Å². The molecule has 5 nitrogen and oxygen atoms in total. The van der Waals surface area contributed by atoms with E-state index in [1.165, 1.54) is 11.1 Å². The van der Waals surface area contributed by atoms with Crippen molar-refractivity contribution in [3.8, 4) is 0 Å². The number of amides is 1. The molecule has 0 radical (unpaired) electrons. The summed E-state index contributed by atoms with van der Waals surface area (Å²) in [5, 5.41) is 14.3. The molecule has 1 aromatic rings. The van der Waals surface area contributed by atoms with Gasteiger partial charge in [0.25, 0.3) is 5.91 Å². The third-order valence-corrected chi connectivity index (χ3v) is 6.45. The molecule has 1 amide bonds. The molecular formula is C23H33NO4. The lowest BCUT2D eigenvalue weighted by atomic mass is 9.78. The molecule has 1 aromatic carbocycles. The van der Waals surface area contributed by atoms with Crippen molar-refractivity contribution in [2.75, 3.05) is 19.8 Å². The van der Waals surface area contributed by atoms with Crippen molar-refractivity contribution >= 4 is 11.5 Å². The van der Waals surface area contributed by atoms with Gasteiger partial charge in [0.15, 0.2) is 0 Å². The van der Waals surface area contributed by atoms with E-state index in [4.69, 9.17) is 9.47 Å². The maximum absolute atomic E-state index is 12.9. The van der Waals surface area contributed by atoms with Crippen LogP contribution in [0.1, 0.15) is 60.4 Å². The highest BCUT2D eigenvalue weighted by molar-refractivity contribution is 6.24. The fourth-order valence-corrected chi connectivity index (χ4v) is 4.62. The predicted molar refractivity (Wildman–Crippen MR) is 111 cm³/mol. The highest BCUT2D eigenvalue weighted by Gasteiger charge is 2.48. The number of aliphatic hydroxyl groups is 1. The van der Waals surface area contributed by atoms with Crippen molar-refractivity contribution in [3.05, 3.63) is 39.6 Å². The minimum atomic E-state index is -0.649. The predicted octanol–water partition coefficient (Wildman–Crippen LogP) is 4.05. The first kappa shape index (κ1) is 20.9. The largest absolute Gasteiger partial charge is 0.509 e. The summed E-state index contributed by atoms with van der Waals surface area (Å²) in [6.45, 7) is 12.1. The quantitative estimate of drug-likeness (QED) is 0.723. The molecule has 1 saturated carbocycles. The molecule has 0 unspecified atom stereocenters. The standard InChI is InChI=1S/C23H33NO4/c1-6-27-11-12-28-18-7-9-23(10-8-18)21(25)20(22(26)24-23)19-15(3)13-14(2)16(4)17(19)5/h13,18,25H,6-12H2,1-5H3,(H,24,26). The van der Waals surface area contributed by atoms with Crippen LogP contribution in [0.2, 0.25) is 0 Å². The Morgan fingerprint density at radius 3 is 2.43 bits per heavy atom. The number of aliphatic hydroxyl groups excluding tert-OH is 1. The normalized spacial score (nSPS) is 24.9. The van der Waals surface area contributed by atoms with Gasteiger partial charge in [0.2, 0.25) is 0 Å². The molecule has 1 spiro atoms. The number of benzene rings is 1. The van der Waals surface area contributed by atoms with Crippen LogP contribution in [0.4, 0.5) is 0 Å². The Kier molecular flexibility index (Phi) is 6.15. The Hall–Kier alpha value is -1.85. The Balaban J connectivity index is 1.81. The average Bonchev–Trinajstić information content (AvgIpc) is 2.89. The van der Waals surface area contributed by atoms with Crippen molar-refractivity contribution < 1.29 is 19.4 Å². The Labute approximate surface area is 168 Å². The number of nitrogens with one attached hydrogen (secondary N) is 1. The summed E-state index contributed by atoms with van der Waals surface area (Å²) in [6, 6.07) is 2.10. The van der Waals surface area contributed by atoms with Crippen LogP contribution >= 0.6 is 0 Å². The van der Waals surface area contributed by atoms with Crippen LogP contribution in [-0.2, 0) is 14.3 Å². The molecule has 1 aliphatic carbocycles. The van der Waals surface area contributed by atoms with E-state index in [1.54, 1.807) is 0 Å². The zero-order valence-corrected chi connectivity index (χ0v) is 17.8. The number of hydrogen-bond donors (Lipinski definition) is 2. The fourth-order valence-electron chi connectivity index (χ4n) is 4.62. The monoisotopic (exact) mass is 387 g/mol. The van der Waals surface area contributed by atoms with Crippen molar-refractivity contribution in [2.45, 2.75) is 71.9 Å². The molecule has 2 N–H and O–H groups in total. The molecule has 2 aliphatic rings. The van der Waals surface area contributed by atoms with Crippen molar-refractivity contribution in [3.63, 3.8) is 0 Å². The van der Waals surface area contributed by atoms with E-state index in [0.717, 1.165) is 29.5 Å². The van der Waals surface area contributed by atoms with Gasteiger partial charge < -0.3 is 19.9 Å². The van der Waals surface area contributed by atoms with Gasteiger partial charge in [0.1, 0.15) is 5.76 Å². The van der Waals surface area contributed by atoms with Crippen LogP contribution in [0, 0.1) is 27.7 Å². The smallest absolute Gasteiger partial charge is 0.256 e. The zero-order valence-electron chi connectivity index (χ0n) is 17.8. The summed E-state index contributed by atoms with van der Waals surface area (Å²) in [5.74, 6) is 0.0439. The summed E-state index contributed by atoms with van der Waals surface area (Å²) >= 11 is 0. The van der Waals surface area contributed by atoms with E-state index in [9.17, 15) is 9.90 Å². The molecule has 0 aromatic heterocycles. The van der Waals surface area contributed by atoms with E-state index in [0.29, 0.717) is 38.2 Å². The number of hydrogen-bond acceptors (Lipinski definition) is 4.